The highest BCUT2D eigenvalue weighted by Gasteiger charge is 2.23. The number of piperazine rings is 1. The number of fused-ring (bicyclic) bond motifs is 1. The van der Waals surface area contributed by atoms with Gasteiger partial charge in [-0.2, -0.15) is 0 Å². The third kappa shape index (κ3) is 3.56. The minimum atomic E-state index is 0.144. The van der Waals surface area contributed by atoms with Crippen LogP contribution in [-0.4, -0.2) is 60.5 Å². The number of carbonyl (C=O) groups excluding carboxylic acids is 1. The Kier molecular flexibility index (Phi) is 4.64. The van der Waals surface area contributed by atoms with Crippen LogP contribution < -0.4 is 10.2 Å². The SMILES string of the molecule is CN1CCN(c2ncnc3ccc(-c4ccc(C5CNC(=O)C5)cc4)cc23)CC1. The molecule has 2 fully saturated rings. The Balaban J connectivity index is 1.46. The number of amides is 1. The minimum absolute atomic E-state index is 0.144. The van der Waals surface area contributed by atoms with Crippen molar-refractivity contribution in [2.24, 2.45) is 0 Å². The van der Waals surface area contributed by atoms with E-state index in [2.05, 4.69) is 74.6 Å². The maximum atomic E-state index is 11.5. The first-order valence-electron chi connectivity index (χ1n) is 10.2. The van der Waals surface area contributed by atoms with Gasteiger partial charge in [-0.25, -0.2) is 9.97 Å². The van der Waals surface area contributed by atoms with E-state index in [1.165, 1.54) is 11.1 Å². The number of anilines is 1. The number of benzene rings is 2. The van der Waals surface area contributed by atoms with Gasteiger partial charge in [0.25, 0.3) is 0 Å². The lowest BCUT2D eigenvalue weighted by atomic mass is 9.95. The fourth-order valence-corrected chi connectivity index (χ4v) is 4.28. The van der Waals surface area contributed by atoms with Crippen LogP contribution in [0, 0.1) is 0 Å². The van der Waals surface area contributed by atoms with Crippen molar-refractivity contribution in [2.75, 3.05) is 44.7 Å². The number of nitrogens with zero attached hydrogens (tertiary/aromatic N) is 4. The summed E-state index contributed by atoms with van der Waals surface area (Å²) in [5, 5.41) is 4.02. The second-order valence-corrected chi connectivity index (χ2v) is 8.05. The average molecular weight is 387 g/mol. The molecule has 5 rings (SSSR count). The van der Waals surface area contributed by atoms with Gasteiger partial charge >= 0.3 is 0 Å². The molecule has 0 saturated carbocycles. The lowest BCUT2D eigenvalue weighted by molar-refractivity contribution is -0.119. The van der Waals surface area contributed by atoms with Crippen molar-refractivity contribution in [1.82, 2.24) is 20.2 Å². The molecule has 2 saturated heterocycles. The van der Waals surface area contributed by atoms with Gasteiger partial charge in [-0.05, 0) is 35.9 Å². The summed E-state index contributed by atoms with van der Waals surface area (Å²) in [4.78, 5) is 25.3. The van der Waals surface area contributed by atoms with Crippen molar-refractivity contribution in [2.45, 2.75) is 12.3 Å². The highest BCUT2D eigenvalue weighted by Crippen LogP contribution is 2.31. The van der Waals surface area contributed by atoms with E-state index in [4.69, 9.17) is 0 Å². The molecular formula is C23H25N5O. The Morgan fingerprint density at radius 3 is 2.45 bits per heavy atom. The fraction of sp³-hybridized carbons (Fsp3) is 0.348. The normalized spacial score (nSPS) is 20.2. The first-order chi connectivity index (χ1) is 14.2. The van der Waals surface area contributed by atoms with Gasteiger partial charge in [0.1, 0.15) is 12.1 Å². The highest BCUT2D eigenvalue weighted by molar-refractivity contribution is 5.93. The van der Waals surface area contributed by atoms with E-state index < -0.39 is 0 Å². The lowest BCUT2D eigenvalue weighted by Gasteiger charge is -2.33. The zero-order chi connectivity index (χ0) is 19.8. The van der Waals surface area contributed by atoms with E-state index in [1.807, 2.05) is 0 Å². The first-order valence-corrected chi connectivity index (χ1v) is 10.2. The van der Waals surface area contributed by atoms with Crippen LogP contribution in [0.5, 0.6) is 0 Å². The summed E-state index contributed by atoms with van der Waals surface area (Å²) in [6.07, 6.45) is 2.25. The molecule has 1 N–H and O–H groups in total. The molecule has 1 atom stereocenters. The molecule has 6 nitrogen and oxygen atoms in total. The Hall–Kier alpha value is -2.99. The summed E-state index contributed by atoms with van der Waals surface area (Å²) < 4.78 is 0. The zero-order valence-corrected chi connectivity index (χ0v) is 16.6. The molecule has 0 bridgehead atoms. The van der Waals surface area contributed by atoms with Crippen molar-refractivity contribution >= 4 is 22.6 Å². The predicted octanol–water partition coefficient (Wildman–Crippen LogP) is 2.65. The summed E-state index contributed by atoms with van der Waals surface area (Å²) in [6, 6.07) is 15.0. The summed E-state index contributed by atoms with van der Waals surface area (Å²) in [7, 11) is 2.16. The van der Waals surface area contributed by atoms with Crippen LogP contribution in [0.4, 0.5) is 5.82 Å². The third-order valence-corrected chi connectivity index (χ3v) is 6.11. The monoisotopic (exact) mass is 387 g/mol. The minimum Gasteiger partial charge on any atom is -0.355 e. The molecule has 1 unspecified atom stereocenters. The van der Waals surface area contributed by atoms with E-state index in [-0.39, 0.29) is 11.8 Å². The standard InChI is InChI=1S/C23H25N5O/c1-27-8-10-28(11-9-27)23-20-12-18(6-7-21(20)25-15-26-23)16-2-4-17(5-3-16)19-13-22(29)24-14-19/h2-7,12,15,19H,8-11,13-14H2,1H3,(H,24,29). The molecule has 1 amide bonds. The maximum Gasteiger partial charge on any atom is 0.220 e. The smallest absolute Gasteiger partial charge is 0.220 e. The third-order valence-electron chi connectivity index (χ3n) is 6.11. The first kappa shape index (κ1) is 18.1. The van der Waals surface area contributed by atoms with Crippen molar-refractivity contribution in [1.29, 1.82) is 0 Å². The number of hydrogen-bond donors (Lipinski definition) is 1. The second kappa shape index (κ2) is 7.44. The average Bonchev–Trinajstić information content (AvgIpc) is 3.20. The van der Waals surface area contributed by atoms with Crippen molar-refractivity contribution in [3.63, 3.8) is 0 Å². The molecule has 2 aliphatic rings. The summed E-state index contributed by atoms with van der Waals surface area (Å²) in [5.74, 6) is 1.45. The summed E-state index contributed by atoms with van der Waals surface area (Å²) >= 11 is 0. The number of aromatic nitrogens is 2. The van der Waals surface area contributed by atoms with Crippen LogP contribution >= 0.6 is 0 Å². The summed E-state index contributed by atoms with van der Waals surface area (Å²) in [5.41, 5.74) is 4.52. The molecule has 3 heterocycles. The molecule has 1 aromatic heterocycles. The number of carbonyl (C=O) groups is 1. The largest absolute Gasteiger partial charge is 0.355 e. The molecule has 0 spiro atoms. The molecule has 148 valence electrons. The Labute approximate surface area is 170 Å². The summed E-state index contributed by atoms with van der Waals surface area (Å²) in [6.45, 7) is 4.79. The Bertz CT molecular complexity index is 1040. The molecule has 2 aliphatic heterocycles. The zero-order valence-electron chi connectivity index (χ0n) is 16.6. The van der Waals surface area contributed by atoms with Gasteiger partial charge < -0.3 is 15.1 Å². The van der Waals surface area contributed by atoms with Crippen LogP contribution in [-0.2, 0) is 4.79 Å². The number of nitrogens with one attached hydrogen (secondary N) is 1. The molecule has 2 aromatic carbocycles. The molecule has 29 heavy (non-hydrogen) atoms. The van der Waals surface area contributed by atoms with Crippen LogP contribution in [0.2, 0.25) is 0 Å². The molecule has 0 radical (unpaired) electrons. The van der Waals surface area contributed by atoms with Crippen molar-refractivity contribution < 1.29 is 4.79 Å². The van der Waals surface area contributed by atoms with E-state index in [1.54, 1.807) is 6.33 Å². The van der Waals surface area contributed by atoms with Gasteiger partial charge in [-0.15, -0.1) is 0 Å². The number of hydrogen-bond acceptors (Lipinski definition) is 5. The van der Waals surface area contributed by atoms with Gasteiger partial charge in [0, 0.05) is 50.4 Å². The maximum absolute atomic E-state index is 11.5. The number of rotatable bonds is 3. The second-order valence-electron chi connectivity index (χ2n) is 8.05. The van der Waals surface area contributed by atoms with Gasteiger partial charge in [-0.3, -0.25) is 4.79 Å². The van der Waals surface area contributed by atoms with Gasteiger partial charge in [0.05, 0.1) is 5.52 Å². The topological polar surface area (TPSA) is 61.4 Å². The van der Waals surface area contributed by atoms with Gasteiger partial charge in [0.15, 0.2) is 0 Å². The van der Waals surface area contributed by atoms with E-state index in [9.17, 15) is 4.79 Å². The predicted molar refractivity (Wildman–Crippen MR) is 115 cm³/mol. The lowest BCUT2D eigenvalue weighted by Crippen LogP contribution is -2.44. The fourth-order valence-electron chi connectivity index (χ4n) is 4.28. The van der Waals surface area contributed by atoms with Crippen LogP contribution in [0.25, 0.3) is 22.0 Å². The Morgan fingerprint density at radius 2 is 1.72 bits per heavy atom. The van der Waals surface area contributed by atoms with Crippen molar-refractivity contribution in [3.05, 3.63) is 54.4 Å². The molecular weight excluding hydrogens is 362 g/mol. The Morgan fingerprint density at radius 1 is 0.966 bits per heavy atom. The molecule has 0 aliphatic carbocycles. The van der Waals surface area contributed by atoms with E-state index in [0.29, 0.717) is 6.42 Å². The number of likely N-dealkylation sites (N-methyl/N-ethyl adjacent to an activating group) is 1. The molecule has 3 aromatic rings. The van der Waals surface area contributed by atoms with E-state index in [0.717, 1.165) is 55.0 Å². The van der Waals surface area contributed by atoms with E-state index >= 15 is 0 Å². The highest BCUT2D eigenvalue weighted by atomic mass is 16.1. The molecule has 6 heteroatoms. The van der Waals surface area contributed by atoms with Crippen LogP contribution in [0.3, 0.4) is 0 Å². The van der Waals surface area contributed by atoms with Gasteiger partial charge in [-0.1, -0.05) is 30.3 Å². The van der Waals surface area contributed by atoms with Crippen molar-refractivity contribution in [3.8, 4) is 11.1 Å². The van der Waals surface area contributed by atoms with Crippen LogP contribution in [0.15, 0.2) is 48.8 Å². The van der Waals surface area contributed by atoms with Crippen LogP contribution in [0.1, 0.15) is 17.9 Å². The van der Waals surface area contributed by atoms with Gasteiger partial charge in [0.2, 0.25) is 5.91 Å². The quantitative estimate of drug-likeness (QED) is 0.749.